The Bertz CT molecular complexity index is 627. The summed E-state index contributed by atoms with van der Waals surface area (Å²) in [4.78, 5) is 18.4. The van der Waals surface area contributed by atoms with Crippen LogP contribution in [-0.2, 0) is 13.1 Å². The van der Waals surface area contributed by atoms with E-state index in [9.17, 15) is 9.18 Å². The first-order valence-corrected chi connectivity index (χ1v) is 6.94. The molecule has 0 aliphatic carbocycles. The quantitative estimate of drug-likeness (QED) is 0.921. The molecular formula is C14H15FN2O2S. The number of nitrogens with zero attached hydrogens (tertiary/aromatic N) is 2. The number of aryl methyl sites for hydroxylation is 1. The van der Waals surface area contributed by atoms with Crippen LogP contribution in [0.25, 0.3) is 0 Å². The number of hydrogen-bond donors (Lipinski definition) is 1. The third-order valence-corrected chi connectivity index (χ3v) is 3.92. The third kappa shape index (κ3) is 3.40. The summed E-state index contributed by atoms with van der Waals surface area (Å²) in [5.41, 5.74) is 3.39. The summed E-state index contributed by atoms with van der Waals surface area (Å²) >= 11 is 1.57. The zero-order valence-electron chi connectivity index (χ0n) is 11.3. The summed E-state index contributed by atoms with van der Waals surface area (Å²) in [7, 11) is 1.90. The molecule has 1 aromatic carbocycles. The summed E-state index contributed by atoms with van der Waals surface area (Å²) < 4.78 is 13.1. The fraction of sp³-hybridized carbons (Fsp3) is 0.286. The van der Waals surface area contributed by atoms with Gasteiger partial charge in [0.05, 0.1) is 16.8 Å². The van der Waals surface area contributed by atoms with Crippen LogP contribution in [0.5, 0.6) is 0 Å². The minimum absolute atomic E-state index is 0.0119. The van der Waals surface area contributed by atoms with Crippen LogP contribution in [0.1, 0.15) is 26.5 Å². The van der Waals surface area contributed by atoms with Crippen LogP contribution in [0.2, 0.25) is 0 Å². The smallest absolute Gasteiger partial charge is 0.336 e. The molecule has 0 radical (unpaired) electrons. The van der Waals surface area contributed by atoms with E-state index in [1.54, 1.807) is 16.8 Å². The maximum absolute atomic E-state index is 13.1. The highest BCUT2D eigenvalue weighted by Crippen LogP contribution is 2.18. The molecular weight excluding hydrogens is 279 g/mol. The van der Waals surface area contributed by atoms with E-state index in [1.807, 2.05) is 18.9 Å². The topological polar surface area (TPSA) is 53.4 Å². The van der Waals surface area contributed by atoms with Crippen LogP contribution >= 0.6 is 11.3 Å². The highest BCUT2D eigenvalue weighted by molar-refractivity contribution is 7.09. The fourth-order valence-electron chi connectivity index (χ4n) is 1.96. The van der Waals surface area contributed by atoms with E-state index < -0.39 is 11.8 Å². The molecule has 1 heterocycles. The molecule has 0 spiro atoms. The van der Waals surface area contributed by atoms with Crippen molar-refractivity contribution in [3.8, 4) is 0 Å². The summed E-state index contributed by atoms with van der Waals surface area (Å²) in [6, 6.07) is 3.87. The maximum Gasteiger partial charge on any atom is 0.336 e. The van der Waals surface area contributed by atoms with Crippen LogP contribution in [-0.4, -0.2) is 28.0 Å². The lowest BCUT2D eigenvalue weighted by molar-refractivity contribution is 0.0694. The Morgan fingerprint density at radius 2 is 2.20 bits per heavy atom. The first-order valence-electron chi connectivity index (χ1n) is 6.06. The number of carboxylic acids is 1. The molecule has 2 rings (SSSR count). The molecule has 2 aromatic rings. The number of aromatic nitrogens is 1. The van der Waals surface area contributed by atoms with E-state index in [0.29, 0.717) is 18.7 Å². The van der Waals surface area contributed by atoms with Gasteiger partial charge in [-0.25, -0.2) is 14.2 Å². The van der Waals surface area contributed by atoms with Crippen LogP contribution in [0.3, 0.4) is 0 Å². The number of carboxylic acid groups (broad SMARTS) is 1. The third-order valence-electron chi connectivity index (χ3n) is 3.00. The molecule has 0 amide bonds. The van der Waals surface area contributed by atoms with Crippen molar-refractivity contribution in [1.82, 2.24) is 9.88 Å². The number of thiazole rings is 1. The zero-order chi connectivity index (χ0) is 14.7. The van der Waals surface area contributed by atoms with E-state index in [0.717, 1.165) is 16.6 Å². The van der Waals surface area contributed by atoms with Crippen molar-refractivity contribution in [3.05, 3.63) is 51.2 Å². The number of halogens is 1. The van der Waals surface area contributed by atoms with Crippen molar-refractivity contribution in [1.29, 1.82) is 0 Å². The van der Waals surface area contributed by atoms with Gasteiger partial charge in [0.2, 0.25) is 0 Å². The van der Waals surface area contributed by atoms with E-state index in [-0.39, 0.29) is 5.56 Å². The highest BCUT2D eigenvalue weighted by Gasteiger charge is 2.14. The van der Waals surface area contributed by atoms with Crippen molar-refractivity contribution in [2.45, 2.75) is 20.0 Å². The minimum atomic E-state index is -1.11. The molecule has 1 aromatic heterocycles. The van der Waals surface area contributed by atoms with E-state index in [2.05, 4.69) is 4.98 Å². The van der Waals surface area contributed by atoms with Gasteiger partial charge in [-0.2, -0.15) is 0 Å². The Balaban J connectivity index is 2.13. The number of carbonyl (C=O) groups is 1. The minimum Gasteiger partial charge on any atom is -0.478 e. The number of benzene rings is 1. The van der Waals surface area contributed by atoms with Gasteiger partial charge in [0.1, 0.15) is 5.82 Å². The lowest BCUT2D eigenvalue weighted by Crippen LogP contribution is -2.19. The summed E-state index contributed by atoms with van der Waals surface area (Å²) in [6.45, 7) is 3.08. The monoisotopic (exact) mass is 294 g/mol. The van der Waals surface area contributed by atoms with Crippen molar-refractivity contribution in [3.63, 3.8) is 0 Å². The van der Waals surface area contributed by atoms with Gasteiger partial charge in [0.25, 0.3) is 0 Å². The predicted molar refractivity (Wildman–Crippen MR) is 75.4 cm³/mol. The lowest BCUT2D eigenvalue weighted by atomic mass is 10.1. The Morgan fingerprint density at radius 3 is 2.80 bits per heavy atom. The number of aromatic carboxylic acids is 1. The Morgan fingerprint density at radius 1 is 1.45 bits per heavy atom. The summed E-state index contributed by atoms with van der Waals surface area (Å²) in [5.74, 6) is -1.64. The Hall–Kier alpha value is -1.79. The van der Waals surface area contributed by atoms with Gasteiger partial charge in [0.15, 0.2) is 0 Å². The molecule has 20 heavy (non-hydrogen) atoms. The van der Waals surface area contributed by atoms with Gasteiger partial charge >= 0.3 is 5.97 Å². The second-order valence-electron chi connectivity index (χ2n) is 4.64. The van der Waals surface area contributed by atoms with Crippen molar-refractivity contribution < 1.29 is 14.3 Å². The molecule has 106 valence electrons. The van der Waals surface area contributed by atoms with Crippen molar-refractivity contribution >= 4 is 17.3 Å². The van der Waals surface area contributed by atoms with Gasteiger partial charge in [-0.1, -0.05) is 6.07 Å². The van der Waals surface area contributed by atoms with Crippen molar-refractivity contribution in [2.75, 3.05) is 7.05 Å². The standard InChI is InChI=1S/C14H15FN2O2S/c1-9-13(20-8-16-9)7-17(2)6-10-3-4-11(15)5-12(10)14(18)19/h3-5,8H,6-7H2,1-2H3,(H,18,19). The zero-order valence-corrected chi connectivity index (χ0v) is 12.1. The van der Waals surface area contributed by atoms with E-state index >= 15 is 0 Å². The first-order chi connectivity index (χ1) is 9.47. The molecule has 0 saturated heterocycles. The highest BCUT2D eigenvalue weighted by atomic mass is 32.1. The molecule has 1 N–H and O–H groups in total. The van der Waals surface area contributed by atoms with Gasteiger partial charge in [-0.3, -0.25) is 4.90 Å². The Labute approximate surface area is 120 Å². The molecule has 0 bridgehead atoms. The van der Waals surface area contributed by atoms with Gasteiger partial charge in [0, 0.05) is 18.0 Å². The molecule has 0 aliphatic rings. The predicted octanol–water partition coefficient (Wildman–Crippen LogP) is 2.92. The second kappa shape index (κ2) is 6.11. The average molecular weight is 294 g/mol. The molecule has 0 atom stereocenters. The first kappa shape index (κ1) is 14.6. The largest absolute Gasteiger partial charge is 0.478 e. The van der Waals surface area contributed by atoms with Crippen molar-refractivity contribution in [2.24, 2.45) is 0 Å². The van der Waals surface area contributed by atoms with Gasteiger partial charge < -0.3 is 5.11 Å². The van der Waals surface area contributed by atoms with E-state index in [1.165, 1.54) is 12.1 Å². The van der Waals surface area contributed by atoms with E-state index in [4.69, 9.17) is 5.11 Å². The molecule has 0 saturated carbocycles. The second-order valence-corrected chi connectivity index (χ2v) is 5.58. The maximum atomic E-state index is 13.1. The lowest BCUT2D eigenvalue weighted by Gasteiger charge is -2.17. The Kier molecular flexibility index (Phi) is 4.46. The SMILES string of the molecule is Cc1ncsc1CN(C)Cc1ccc(F)cc1C(=O)O. The molecule has 0 fully saturated rings. The van der Waals surface area contributed by atoms with Crippen LogP contribution in [0.15, 0.2) is 23.7 Å². The van der Waals surface area contributed by atoms with Crippen LogP contribution in [0.4, 0.5) is 4.39 Å². The molecule has 0 aliphatic heterocycles. The fourth-order valence-corrected chi connectivity index (χ4v) is 2.81. The average Bonchev–Trinajstić information content (AvgIpc) is 2.77. The number of rotatable bonds is 5. The normalized spacial score (nSPS) is 11.0. The summed E-state index contributed by atoms with van der Waals surface area (Å²) in [5, 5.41) is 9.11. The van der Waals surface area contributed by atoms with Crippen LogP contribution < -0.4 is 0 Å². The van der Waals surface area contributed by atoms with Gasteiger partial charge in [-0.15, -0.1) is 11.3 Å². The summed E-state index contributed by atoms with van der Waals surface area (Å²) in [6.07, 6.45) is 0. The molecule has 6 heteroatoms. The number of hydrogen-bond acceptors (Lipinski definition) is 4. The molecule has 0 unspecified atom stereocenters. The van der Waals surface area contributed by atoms with Crippen LogP contribution in [0, 0.1) is 12.7 Å². The van der Waals surface area contributed by atoms with Gasteiger partial charge in [-0.05, 0) is 31.7 Å². The molecule has 4 nitrogen and oxygen atoms in total.